The van der Waals surface area contributed by atoms with Crippen LogP contribution in [-0.2, 0) is 4.79 Å². The van der Waals surface area contributed by atoms with Gasteiger partial charge in [-0.3, -0.25) is 9.69 Å². The number of nitrogens with two attached hydrogens (primary N) is 1. The Morgan fingerprint density at radius 2 is 2.00 bits per heavy atom. The van der Waals surface area contributed by atoms with Crippen LogP contribution in [-0.4, -0.2) is 46.9 Å². The van der Waals surface area contributed by atoms with E-state index in [1.165, 1.54) is 12.1 Å². The predicted molar refractivity (Wildman–Crippen MR) is 79.8 cm³/mol. The van der Waals surface area contributed by atoms with Crippen LogP contribution in [0.15, 0.2) is 24.3 Å². The van der Waals surface area contributed by atoms with Crippen molar-refractivity contribution in [3.05, 3.63) is 35.6 Å². The van der Waals surface area contributed by atoms with E-state index in [1.54, 1.807) is 17.9 Å². The Balaban J connectivity index is 2.15. The van der Waals surface area contributed by atoms with Crippen LogP contribution in [0, 0.1) is 5.82 Å². The summed E-state index contributed by atoms with van der Waals surface area (Å²) in [6.07, 6.45) is 0. The molecule has 1 aromatic carbocycles. The van der Waals surface area contributed by atoms with Crippen molar-refractivity contribution in [3.8, 4) is 0 Å². The van der Waals surface area contributed by atoms with Gasteiger partial charge in [0.15, 0.2) is 0 Å². The highest BCUT2D eigenvalue weighted by molar-refractivity contribution is 7.80. The van der Waals surface area contributed by atoms with E-state index in [9.17, 15) is 9.18 Å². The van der Waals surface area contributed by atoms with Gasteiger partial charge < -0.3 is 10.6 Å². The molecule has 1 unspecified atom stereocenters. The van der Waals surface area contributed by atoms with Gasteiger partial charge in [-0.05, 0) is 17.7 Å². The average Bonchev–Trinajstić information content (AvgIpc) is 2.39. The first-order valence-corrected chi connectivity index (χ1v) is 6.94. The zero-order valence-corrected chi connectivity index (χ0v) is 12.2. The van der Waals surface area contributed by atoms with Crippen LogP contribution in [0.2, 0.25) is 0 Å². The molecule has 1 aliphatic heterocycles. The number of hydrogen-bond acceptors (Lipinski definition) is 3. The Morgan fingerprint density at radius 1 is 1.35 bits per heavy atom. The van der Waals surface area contributed by atoms with Gasteiger partial charge in [0, 0.05) is 33.1 Å². The van der Waals surface area contributed by atoms with Crippen molar-refractivity contribution in [2.45, 2.75) is 13.0 Å². The van der Waals surface area contributed by atoms with Gasteiger partial charge in [0.1, 0.15) is 5.82 Å². The molecule has 1 fully saturated rings. The molecule has 4 nitrogen and oxygen atoms in total. The minimum Gasteiger partial charge on any atom is -0.392 e. The molecule has 0 aromatic heterocycles. The molecule has 1 amide bonds. The van der Waals surface area contributed by atoms with E-state index in [-0.39, 0.29) is 17.8 Å². The van der Waals surface area contributed by atoms with Gasteiger partial charge in [-0.25, -0.2) is 4.39 Å². The lowest BCUT2D eigenvalue weighted by Crippen LogP contribution is -2.51. The highest BCUT2D eigenvalue weighted by atomic mass is 32.1. The SMILES string of the molecule is CC(=O)N1CCN(C(C(N)=S)c2cccc(F)c2)CC1. The normalized spacial score (nSPS) is 17.8. The van der Waals surface area contributed by atoms with Crippen molar-refractivity contribution >= 4 is 23.1 Å². The number of carbonyl (C=O) groups is 1. The van der Waals surface area contributed by atoms with E-state index in [1.807, 2.05) is 6.07 Å². The van der Waals surface area contributed by atoms with Crippen molar-refractivity contribution in [1.82, 2.24) is 9.80 Å². The lowest BCUT2D eigenvalue weighted by Gasteiger charge is -2.38. The highest BCUT2D eigenvalue weighted by Crippen LogP contribution is 2.23. The van der Waals surface area contributed by atoms with Gasteiger partial charge in [0.25, 0.3) is 0 Å². The second-order valence-corrected chi connectivity index (χ2v) is 5.37. The molecule has 0 radical (unpaired) electrons. The number of rotatable bonds is 3. The van der Waals surface area contributed by atoms with E-state index in [4.69, 9.17) is 18.0 Å². The quantitative estimate of drug-likeness (QED) is 0.855. The molecule has 1 aliphatic rings. The van der Waals surface area contributed by atoms with Gasteiger partial charge in [-0.1, -0.05) is 24.4 Å². The smallest absolute Gasteiger partial charge is 0.219 e. The third-order valence-electron chi connectivity index (χ3n) is 3.56. The second kappa shape index (κ2) is 6.28. The Morgan fingerprint density at radius 3 is 2.50 bits per heavy atom. The van der Waals surface area contributed by atoms with Gasteiger partial charge in [0.2, 0.25) is 5.91 Å². The van der Waals surface area contributed by atoms with E-state index < -0.39 is 0 Å². The molecule has 1 saturated heterocycles. The Bertz CT molecular complexity index is 515. The van der Waals surface area contributed by atoms with Crippen molar-refractivity contribution < 1.29 is 9.18 Å². The van der Waals surface area contributed by atoms with Crippen LogP contribution >= 0.6 is 12.2 Å². The van der Waals surface area contributed by atoms with E-state index in [2.05, 4.69) is 4.90 Å². The predicted octanol–water partition coefficient (Wildman–Crippen LogP) is 1.32. The van der Waals surface area contributed by atoms with E-state index in [0.29, 0.717) is 31.2 Å². The maximum Gasteiger partial charge on any atom is 0.219 e. The first kappa shape index (κ1) is 14.9. The van der Waals surface area contributed by atoms with Crippen LogP contribution in [0.3, 0.4) is 0 Å². The fourth-order valence-corrected chi connectivity index (χ4v) is 2.81. The van der Waals surface area contributed by atoms with E-state index in [0.717, 1.165) is 5.56 Å². The van der Waals surface area contributed by atoms with Crippen molar-refractivity contribution in [2.75, 3.05) is 26.2 Å². The van der Waals surface area contributed by atoms with Crippen LogP contribution in [0.1, 0.15) is 18.5 Å². The first-order chi connectivity index (χ1) is 9.49. The summed E-state index contributed by atoms with van der Waals surface area (Å²) in [5.74, 6) is -0.228. The summed E-state index contributed by atoms with van der Waals surface area (Å²) in [4.78, 5) is 15.5. The summed E-state index contributed by atoms with van der Waals surface area (Å²) >= 11 is 5.14. The molecular formula is C14H18FN3OS. The molecule has 1 atom stereocenters. The highest BCUT2D eigenvalue weighted by Gasteiger charge is 2.27. The summed E-state index contributed by atoms with van der Waals surface area (Å²) in [5.41, 5.74) is 6.59. The van der Waals surface area contributed by atoms with Crippen LogP contribution in [0.4, 0.5) is 4.39 Å². The van der Waals surface area contributed by atoms with Gasteiger partial charge in [-0.15, -0.1) is 0 Å². The van der Waals surface area contributed by atoms with Crippen LogP contribution in [0.25, 0.3) is 0 Å². The number of amides is 1. The minimum atomic E-state index is -0.300. The molecule has 0 aliphatic carbocycles. The number of thiocarbonyl (C=S) groups is 1. The minimum absolute atomic E-state index is 0.0716. The fraction of sp³-hybridized carbons (Fsp3) is 0.429. The first-order valence-electron chi connectivity index (χ1n) is 6.53. The molecule has 0 bridgehead atoms. The molecule has 108 valence electrons. The monoisotopic (exact) mass is 295 g/mol. The second-order valence-electron chi connectivity index (χ2n) is 4.90. The molecule has 1 heterocycles. The molecule has 1 aromatic rings. The summed E-state index contributed by atoms with van der Waals surface area (Å²) in [6.45, 7) is 4.21. The summed E-state index contributed by atoms with van der Waals surface area (Å²) in [5, 5.41) is 0. The number of halogens is 1. The van der Waals surface area contributed by atoms with Crippen molar-refractivity contribution in [3.63, 3.8) is 0 Å². The topological polar surface area (TPSA) is 49.6 Å². The van der Waals surface area contributed by atoms with Crippen molar-refractivity contribution in [1.29, 1.82) is 0 Å². The molecule has 0 saturated carbocycles. The lowest BCUT2D eigenvalue weighted by atomic mass is 10.0. The molecule has 20 heavy (non-hydrogen) atoms. The molecule has 6 heteroatoms. The Hall–Kier alpha value is -1.53. The molecule has 0 spiro atoms. The van der Waals surface area contributed by atoms with Gasteiger partial charge >= 0.3 is 0 Å². The summed E-state index contributed by atoms with van der Waals surface area (Å²) < 4.78 is 13.4. The number of hydrogen-bond donors (Lipinski definition) is 1. The molecular weight excluding hydrogens is 277 g/mol. The fourth-order valence-electron chi connectivity index (χ4n) is 2.53. The number of nitrogens with zero attached hydrogens (tertiary/aromatic N) is 2. The summed E-state index contributed by atoms with van der Waals surface area (Å²) in [7, 11) is 0. The number of piperazine rings is 1. The Kier molecular flexibility index (Phi) is 4.67. The number of benzene rings is 1. The maximum atomic E-state index is 13.4. The van der Waals surface area contributed by atoms with Gasteiger partial charge in [0.05, 0.1) is 11.0 Å². The third-order valence-corrected chi connectivity index (χ3v) is 3.78. The zero-order chi connectivity index (χ0) is 14.7. The van der Waals surface area contributed by atoms with Crippen LogP contribution < -0.4 is 5.73 Å². The average molecular weight is 295 g/mol. The Labute approximate surface area is 123 Å². The van der Waals surface area contributed by atoms with Crippen LogP contribution in [0.5, 0.6) is 0 Å². The standard InChI is InChI=1S/C14H18FN3OS/c1-10(19)17-5-7-18(8-6-17)13(14(16)20)11-3-2-4-12(15)9-11/h2-4,9,13H,5-8H2,1H3,(H2,16,20). The lowest BCUT2D eigenvalue weighted by molar-refractivity contribution is -0.130. The largest absolute Gasteiger partial charge is 0.392 e. The maximum absolute atomic E-state index is 13.4. The van der Waals surface area contributed by atoms with Gasteiger partial charge in [-0.2, -0.15) is 0 Å². The van der Waals surface area contributed by atoms with E-state index >= 15 is 0 Å². The molecule has 2 rings (SSSR count). The summed E-state index contributed by atoms with van der Waals surface area (Å²) in [6, 6.07) is 6.05. The number of carbonyl (C=O) groups excluding carboxylic acids is 1. The zero-order valence-electron chi connectivity index (χ0n) is 11.4. The third kappa shape index (κ3) is 3.32. The molecule has 2 N–H and O–H groups in total. The van der Waals surface area contributed by atoms with Crippen molar-refractivity contribution in [2.24, 2.45) is 5.73 Å².